The molecule has 2 aromatic rings. The van der Waals surface area contributed by atoms with E-state index >= 15 is 0 Å². The molecule has 6 heteroatoms. The normalized spacial score (nSPS) is 10.6. The largest absolute Gasteiger partial charge is 0.493 e. The molecule has 0 atom stereocenters. The Balaban J connectivity index is 2.07. The first kappa shape index (κ1) is 17.0. The third-order valence-electron chi connectivity index (χ3n) is 3.13. The molecule has 1 aromatic heterocycles. The zero-order valence-electron chi connectivity index (χ0n) is 13.1. The first-order valence-corrected chi connectivity index (χ1v) is 7.66. The highest BCUT2D eigenvalue weighted by Gasteiger charge is 2.04. The van der Waals surface area contributed by atoms with E-state index in [0.717, 1.165) is 15.6 Å². The first-order valence-electron chi connectivity index (χ1n) is 6.86. The summed E-state index contributed by atoms with van der Waals surface area (Å²) in [7, 11) is 3.15. The number of benzene rings is 1. The molecule has 0 bridgehead atoms. The number of aromatic nitrogens is 1. The fourth-order valence-corrected chi connectivity index (χ4v) is 2.12. The maximum absolute atomic E-state index is 12.0. The zero-order chi connectivity index (χ0) is 16.8. The molecule has 23 heavy (non-hydrogen) atoms. The highest BCUT2D eigenvalue weighted by molar-refractivity contribution is 9.10. The average molecular weight is 377 g/mol. The van der Waals surface area contributed by atoms with Crippen molar-refractivity contribution in [3.8, 4) is 11.5 Å². The Morgan fingerprint density at radius 2 is 1.96 bits per heavy atom. The third kappa shape index (κ3) is 4.56. The van der Waals surface area contributed by atoms with Crippen LogP contribution in [0.3, 0.4) is 0 Å². The fourth-order valence-electron chi connectivity index (χ4n) is 1.90. The Labute approximate surface area is 143 Å². The highest BCUT2D eigenvalue weighted by atomic mass is 79.9. The summed E-state index contributed by atoms with van der Waals surface area (Å²) in [5, 5.41) is 2.72. The van der Waals surface area contributed by atoms with Gasteiger partial charge in [-0.15, -0.1) is 0 Å². The van der Waals surface area contributed by atoms with Crippen molar-refractivity contribution in [1.82, 2.24) is 4.98 Å². The lowest BCUT2D eigenvalue weighted by Gasteiger charge is -2.07. The number of aryl methyl sites for hydroxylation is 1. The number of pyridine rings is 1. The molecule has 0 radical (unpaired) electrons. The van der Waals surface area contributed by atoms with Gasteiger partial charge in [0, 0.05) is 16.7 Å². The Morgan fingerprint density at radius 3 is 2.61 bits per heavy atom. The van der Waals surface area contributed by atoms with Crippen molar-refractivity contribution in [2.45, 2.75) is 6.92 Å². The molecule has 0 aliphatic carbocycles. The van der Waals surface area contributed by atoms with Crippen LogP contribution in [0.25, 0.3) is 6.08 Å². The van der Waals surface area contributed by atoms with Gasteiger partial charge in [0.2, 0.25) is 5.91 Å². The minimum atomic E-state index is -0.256. The molecule has 120 valence electrons. The van der Waals surface area contributed by atoms with Crippen LogP contribution < -0.4 is 14.8 Å². The predicted molar refractivity (Wildman–Crippen MR) is 93.9 cm³/mol. The van der Waals surface area contributed by atoms with Gasteiger partial charge >= 0.3 is 0 Å². The summed E-state index contributed by atoms with van der Waals surface area (Å²) in [6, 6.07) is 7.22. The van der Waals surface area contributed by atoms with E-state index < -0.39 is 0 Å². The number of carbonyl (C=O) groups excluding carboxylic acids is 1. The molecule has 0 aliphatic heterocycles. The number of methoxy groups -OCH3 is 2. The first-order chi connectivity index (χ1) is 11.0. The zero-order valence-corrected chi connectivity index (χ0v) is 14.7. The van der Waals surface area contributed by atoms with Crippen LogP contribution in [0.1, 0.15) is 11.1 Å². The molecule has 1 N–H and O–H groups in total. The van der Waals surface area contributed by atoms with Crippen LogP contribution in [0.4, 0.5) is 5.82 Å². The van der Waals surface area contributed by atoms with Gasteiger partial charge in [0.25, 0.3) is 0 Å². The van der Waals surface area contributed by atoms with Crippen LogP contribution in [0, 0.1) is 6.92 Å². The van der Waals surface area contributed by atoms with E-state index in [4.69, 9.17) is 9.47 Å². The molecule has 1 heterocycles. The van der Waals surface area contributed by atoms with Crippen molar-refractivity contribution >= 4 is 33.7 Å². The van der Waals surface area contributed by atoms with Crippen molar-refractivity contribution in [1.29, 1.82) is 0 Å². The van der Waals surface area contributed by atoms with Crippen LogP contribution in [0.2, 0.25) is 0 Å². The van der Waals surface area contributed by atoms with Crippen molar-refractivity contribution in [3.05, 3.63) is 52.1 Å². The number of halogens is 1. The van der Waals surface area contributed by atoms with Crippen molar-refractivity contribution in [3.63, 3.8) is 0 Å². The van der Waals surface area contributed by atoms with Crippen molar-refractivity contribution in [2.75, 3.05) is 19.5 Å². The number of nitrogens with one attached hydrogen (secondary N) is 1. The van der Waals surface area contributed by atoms with E-state index in [1.165, 1.54) is 6.08 Å². The number of ether oxygens (including phenoxy) is 2. The Kier molecular flexibility index (Phi) is 5.76. The number of amides is 1. The molecule has 0 fully saturated rings. The van der Waals surface area contributed by atoms with Crippen LogP contribution in [-0.2, 0) is 4.79 Å². The second-order valence-corrected chi connectivity index (χ2v) is 5.61. The second-order valence-electron chi connectivity index (χ2n) is 4.76. The van der Waals surface area contributed by atoms with Crippen LogP contribution in [0.15, 0.2) is 41.0 Å². The molecule has 0 saturated carbocycles. The maximum atomic E-state index is 12.0. The van der Waals surface area contributed by atoms with E-state index in [1.54, 1.807) is 44.7 Å². The van der Waals surface area contributed by atoms with Gasteiger partial charge < -0.3 is 14.8 Å². The van der Waals surface area contributed by atoms with Gasteiger partial charge in [-0.2, -0.15) is 0 Å². The summed E-state index contributed by atoms with van der Waals surface area (Å²) >= 11 is 3.37. The number of hydrogen-bond acceptors (Lipinski definition) is 4. The average Bonchev–Trinajstić information content (AvgIpc) is 2.56. The smallest absolute Gasteiger partial charge is 0.249 e. The quantitative estimate of drug-likeness (QED) is 0.805. The molecule has 0 unspecified atom stereocenters. The van der Waals surface area contributed by atoms with E-state index in [1.807, 2.05) is 13.0 Å². The summed E-state index contributed by atoms with van der Waals surface area (Å²) in [6.07, 6.45) is 4.80. The number of rotatable bonds is 5. The van der Waals surface area contributed by atoms with E-state index in [0.29, 0.717) is 17.3 Å². The Hall–Kier alpha value is -2.34. The number of hydrogen-bond donors (Lipinski definition) is 1. The Morgan fingerprint density at radius 1 is 1.22 bits per heavy atom. The van der Waals surface area contributed by atoms with Crippen LogP contribution >= 0.6 is 15.9 Å². The van der Waals surface area contributed by atoms with Gasteiger partial charge in [0.15, 0.2) is 11.5 Å². The lowest BCUT2D eigenvalue weighted by Crippen LogP contribution is -2.09. The lowest BCUT2D eigenvalue weighted by atomic mass is 10.2. The number of anilines is 1. The summed E-state index contributed by atoms with van der Waals surface area (Å²) in [5.74, 6) is 1.51. The molecular weight excluding hydrogens is 360 g/mol. The van der Waals surface area contributed by atoms with E-state index in [9.17, 15) is 4.79 Å². The summed E-state index contributed by atoms with van der Waals surface area (Å²) in [6.45, 7) is 1.93. The van der Waals surface area contributed by atoms with Gasteiger partial charge in [-0.25, -0.2) is 4.98 Å². The minimum Gasteiger partial charge on any atom is -0.493 e. The number of carbonyl (C=O) groups is 1. The summed E-state index contributed by atoms with van der Waals surface area (Å²) in [5.41, 5.74) is 1.83. The van der Waals surface area contributed by atoms with E-state index in [-0.39, 0.29) is 5.91 Å². The minimum absolute atomic E-state index is 0.256. The molecule has 2 rings (SSSR count). The maximum Gasteiger partial charge on any atom is 0.249 e. The molecule has 0 aliphatic rings. The van der Waals surface area contributed by atoms with Crippen LogP contribution in [-0.4, -0.2) is 25.1 Å². The monoisotopic (exact) mass is 376 g/mol. The second kappa shape index (κ2) is 7.78. The lowest BCUT2D eigenvalue weighted by molar-refractivity contribution is -0.111. The van der Waals surface area contributed by atoms with Crippen LogP contribution in [0.5, 0.6) is 11.5 Å². The van der Waals surface area contributed by atoms with Gasteiger partial charge in [-0.1, -0.05) is 6.07 Å². The topological polar surface area (TPSA) is 60.5 Å². The Bertz CT molecular complexity index is 745. The predicted octanol–water partition coefficient (Wildman–Crippen LogP) is 3.82. The van der Waals surface area contributed by atoms with Crippen molar-refractivity contribution in [2.24, 2.45) is 0 Å². The molecule has 0 spiro atoms. The molecule has 0 saturated heterocycles. The van der Waals surface area contributed by atoms with Crippen molar-refractivity contribution < 1.29 is 14.3 Å². The van der Waals surface area contributed by atoms with Gasteiger partial charge in [-0.05, 0) is 58.3 Å². The molecule has 1 aromatic carbocycles. The third-order valence-corrected chi connectivity index (χ3v) is 3.96. The fraction of sp³-hybridized carbons (Fsp3) is 0.176. The standard InChI is InChI=1S/C17H17BrN2O3/c1-11-8-16(19-10-13(11)18)20-17(21)7-5-12-4-6-14(22-2)15(9-12)23-3/h4-10H,1-3H3,(H,19,20,21)/b7-5+. The van der Waals surface area contributed by atoms with E-state index in [2.05, 4.69) is 26.2 Å². The highest BCUT2D eigenvalue weighted by Crippen LogP contribution is 2.28. The molecule has 1 amide bonds. The molecule has 5 nitrogen and oxygen atoms in total. The summed E-state index contributed by atoms with van der Waals surface area (Å²) < 4.78 is 11.3. The SMILES string of the molecule is COc1ccc(/C=C/C(=O)Nc2cc(C)c(Br)cn2)cc1OC. The number of nitrogens with zero attached hydrogens (tertiary/aromatic N) is 1. The van der Waals surface area contributed by atoms with Gasteiger partial charge in [0.05, 0.1) is 14.2 Å². The van der Waals surface area contributed by atoms with Gasteiger partial charge in [-0.3, -0.25) is 4.79 Å². The summed E-state index contributed by atoms with van der Waals surface area (Å²) in [4.78, 5) is 16.1. The molecular formula is C17H17BrN2O3. The van der Waals surface area contributed by atoms with Gasteiger partial charge in [0.1, 0.15) is 5.82 Å².